The number of aromatic carboxylic acids is 1. The second-order valence-electron chi connectivity index (χ2n) is 9.66. The molecule has 6 atom stereocenters. The first-order valence-corrected chi connectivity index (χ1v) is 11.4. The molecule has 1 aromatic carbocycles. The van der Waals surface area contributed by atoms with E-state index >= 15 is 0 Å². The van der Waals surface area contributed by atoms with Gasteiger partial charge in [0.2, 0.25) is 0 Å². The van der Waals surface area contributed by atoms with Crippen LogP contribution in [0.15, 0.2) is 35.9 Å². The molecule has 1 saturated carbocycles. The van der Waals surface area contributed by atoms with Gasteiger partial charge in [-0.05, 0) is 51.2 Å². The van der Waals surface area contributed by atoms with E-state index < -0.39 is 18.2 Å². The molecule has 8 nitrogen and oxygen atoms in total. The first-order chi connectivity index (χ1) is 15.7. The van der Waals surface area contributed by atoms with Crippen LogP contribution in [0.5, 0.6) is 0 Å². The number of alkyl carbamates (subject to hydrolysis) is 1. The quantitative estimate of drug-likeness (QED) is 0.299. The van der Waals surface area contributed by atoms with Crippen molar-refractivity contribution in [3.63, 3.8) is 0 Å². The van der Waals surface area contributed by atoms with Gasteiger partial charge in [-0.2, -0.15) is 0 Å². The number of methoxy groups -OCH3 is 1. The van der Waals surface area contributed by atoms with Gasteiger partial charge in [-0.1, -0.05) is 35.9 Å². The number of carbonyl (C=O) groups is 2. The summed E-state index contributed by atoms with van der Waals surface area (Å²) in [6.07, 6.45) is 3.25. The summed E-state index contributed by atoms with van der Waals surface area (Å²) in [5.74, 6) is -1.27. The van der Waals surface area contributed by atoms with E-state index in [4.69, 9.17) is 18.9 Å². The second-order valence-corrected chi connectivity index (χ2v) is 9.66. The fraction of sp³-hybridized carbons (Fsp3) is 0.600. The molecule has 3 aliphatic rings. The van der Waals surface area contributed by atoms with E-state index in [1.54, 1.807) is 19.2 Å². The molecule has 4 rings (SSSR count). The topological polar surface area (TPSA) is 113 Å². The summed E-state index contributed by atoms with van der Waals surface area (Å²) in [6.45, 7) is 7.15. The van der Waals surface area contributed by atoms with Crippen LogP contribution in [0.25, 0.3) is 0 Å². The number of carboxylic acid groups (broad SMARTS) is 1. The molecule has 1 aromatic rings. The average molecular weight is 482 g/mol. The standard InChI is InChI=1S/C25H33NO7.Na/c1-15(2)5-10-19-24(3,33-19)21-20(30-4)18(11-12-25(21)14-31-25)32-23(29)26-13-16-6-8-17(9-7-16)22(27)28;/h5-9,18-21H,10-14H2,1-4H3,(H,26,29)(H,27,28);/q;+1/p-1/t18-,19-,20-,21-,24-,25+;/m1./s1. The third kappa shape index (κ3) is 5.69. The Kier molecular flexibility index (Phi) is 8.54. The van der Waals surface area contributed by atoms with Crippen molar-refractivity contribution < 1.29 is 63.2 Å². The molecule has 1 spiro atoms. The minimum absolute atomic E-state index is 0. The monoisotopic (exact) mass is 481 g/mol. The maximum Gasteiger partial charge on any atom is 1.00 e. The summed E-state index contributed by atoms with van der Waals surface area (Å²) in [5.41, 5.74) is 1.44. The average Bonchev–Trinajstić information content (AvgIpc) is 3.69. The van der Waals surface area contributed by atoms with E-state index in [0.29, 0.717) is 13.0 Å². The summed E-state index contributed by atoms with van der Waals surface area (Å²) in [7, 11) is 1.64. The summed E-state index contributed by atoms with van der Waals surface area (Å²) in [4.78, 5) is 23.4. The van der Waals surface area contributed by atoms with Gasteiger partial charge in [0.25, 0.3) is 0 Å². The van der Waals surface area contributed by atoms with Crippen molar-refractivity contribution in [2.24, 2.45) is 5.92 Å². The van der Waals surface area contributed by atoms with Gasteiger partial charge in [0.15, 0.2) is 0 Å². The summed E-state index contributed by atoms with van der Waals surface area (Å²) >= 11 is 0. The zero-order chi connectivity index (χ0) is 23.8. The van der Waals surface area contributed by atoms with Crippen LogP contribution < -0.4 is 40.0 Å². The maximum absolute atomic E-state index is 12.5. The molecule has 2 aliphatic heterocycles. The van der Waals surface area contributed by atoms with E-state index in [-0.39, 0.29) is 71.0 Å². The zero-order valence-electron chi connectivity index (χ0n) is 20.6. The molecule has 0 unspecified atom stereocenters. The Labute approximate surface area is 222 Å². The van der Waals surface area contributed by atoms with Gasteiger partial charge in [0.1, 0.15) is 23.4 Å². The Morgan fingerprint density at radius 2 is 1.94 bits per heavy atom. The Morgan fingerprint density at radius 1 is 1.26 bits per heavy atom. The number of hydrogen-bond acceptors (Lipinski definition) is 7. The molecule has 1 N–H and O–H groups in total. The summed E-state index contributed by atoms with van der Waals surface area (Å²) in [6, 6.07) is 6.15. The van der Waals surface area contributed by atoms with Gasteiger partial charge >= 0.3 is 35.7 Å². The number of amides is 1. The number of allylic oxidation sites excluding steroid dienone is 1. The molecule has 2 heterocycles. The van der Waals surface area contributed by atoms with Crippen LogP contribution >= 0.6 is 0 Å². The molecule has 1 aliphatic carbocycles. The van der Waals surface area contributed by atoms with Crippen LogP contribution in [0.4, 0.5) is 4.79 Å². The first kappa shape index (κ1) is 27.2. The summed E-state index contributed by atoms with van der Waals surface area (Å²) < 4.78 is 23.8. The van der Waals surface area contributed by atoms with Crippen molar-refractivity contribution in [3.8, 4) is 0 Å². The molecule has 34 heavy (non-hydrogen) atoms. The molecule has 1 amide bonds. The van der Waals surface area contributed by atoms with Crippen molar-refractivity contribution in [2.45, 2.75) is 76.1 Å². The number of nitrogens with one attached hydrogen (secondary N) is 1. The number of carboxylic acids is 1. The van der Waals surface area contributed by atoms with Crippen molar-refractivity contribution in [3.05, 3.63) is 47.0 Å². The normalized spacial score (nSPS) is 33.4. The number of benzene rings is 1. The van der Waals surface area contributed by atoms with Gasteiger partial charge in [-0.25, -0.2) is 4.79 Å². The predicted molar refractivity (Wildman–Crippen MR) is 117 cm³/mol. The van der Waals surface area contributed by atoms with Gasteiger partial charge in [0, 0.05) is 13.7 Å². The number of hydrogen-bond donors (Lipinski definition) is 1. The number of epoxide rings is 2. The SMILES string of the molecule is CO[C@@H]1[C@H](OC(=O)NCc2ccc(C(=O)[O-])cc2)CC[C@]2(CO2)[C@H]1[C@]1(C)O[C@@H]1CC=C(C)C.[Na+]. The first-order valence-electron chi connectivity index (χ1n) is 11.4. The molecule has 9 heteroatoms. The van der Waals surface area contributed by atoms with E-state index in [9.17, 15) is 14.7 Å². The van der Waals surface area contributed by atoms with E-state index in [1.807, 2.05) is 0 Å². The number of ether oxygens (including phenoxy) is 4. The summed E-state index contributed by atoms with van der Waals surface area (Å²) in [5, 5.41) is 13.6. The van der Waals surface area contributed by atoms with Crippen LogP contribution in [-0.4, -0.2) is 55.3 Å². The molecule has 180 valence electrons. The molecule has 3 fully saturated rings. The van der Waals surface area contributed by atoms with Crippen molar-refractivity contribution >= 4 is 12.1 Å². The van der Waals surface area contributed by atoms with E-state index in [2.05, 4.69) is 32.2 Å². The molecular weight excluding hydrogens is 449 g/mol. The fourth-order valence-electron chi connectivity index (χ4n) is 5.18. The fourth-order valence-corrected chi connectivity index (χ4v) is 5.18. The Morgan fingerprint density at radius 3 is 2.50 bits per heavy atom. The second kappa shape index (κ2) is 10.7. The molecule has 0 bridgehead atoms. The third-order valence-electron chi connectivity index (χ3n) is 7.12. The Balaban J connectivity index is 0.00000324. The minimum atomic E-state index is -1.24. The van der Waals surface area contributed by atoms with Crippen LogP contribution in [0.1, 0.15) is 56.0 Å². The number of rotatable bonds is 8. The van der Waals surface area contributed by atoms with E-state index in [0.717, 1.165) is 18.4 Å². The van der Waals surface area contributed by atoms with Crippen molar-refractivity contribution in [2.75, 3.05) is 13.7 Å². The maximum atomic E-state index is 12.5. The van der Waals surface area contributed by atoms with Crippen molar-refractivity contribution in [1.82, 2.24) is 5.32 Å². The molecular formula is C25H32NNaO7. The molecule has 0 aromatic heterocycles. The van der Waals surface area contributed by atoms with Crippen LogP contribution in [0, 0.1) is 5.92 Å². The van der Waals surface area contributed by atoms with Gasteiger partial charge < -0.3 is 34.2 Å². The Hall–Kier alpha value is -1.42. The van der Waals surface area contributed by atoms with Gasteiger partial charge in [0.05, 0.1) is 24.6 Å². The predicted octanol–water partition coefficient (Wildman–Crippen LogP) is -0.643. The van der Waals surface area contributed by atoms with Gasteiger partial charge in [-0.15, -0.1) is 0 Å². The largest absolute Gasteiger partial charge is 1.00 e. The molecule has 2 saturated heterocycles. The van der Waals surface area contributed by atoms with Crippen LogP contribution in [0.3, 0.4) is 0 Å². The van der Waals surface area contributed by atoms with E-state index in [1.165, 1.54) is 17.7 Å². The Bertz CT molecular complexity index is 926. The number of carbonyl (C=O) groups excluding carboxylic acids is 2. The minimum Gasteiger partial charge on any atom is -0.545 e. The van der Waals surface area contributed by atoms with Crippen LogP contribution in [-0.2, 0) is 25.5 Å². The zero-order valence-corrected chi connectivity index (χ0v) is 22.6. The molecule has 0 radical (unpaired) electrons. The van der Waals surface area contributed by atoms with Crippen molar-refractivity contribution in [1.29, 1.82) is 0 Å². The van der Waals surface area contributed by atoms with Gasteiger partial charge in [-0.3, -0.25) is 0 Å². The third-order valence-corrected chi connectivity index (χ3v) is 7.12. The van der Waals surface area contributed by atoms with Crippen LogP contribution in [0.2, 0.25) is 0 Å². The smallest absolute Gasteiger partial charge is 0.545 e.